The van der Waals surface area contributed by atoms with Gasteiger partial charge in [0, 0.05) is 17.7 Å². The van der Waals surface area contributed by atoms with Crippen molar-refractivity contribution in [3.63, 3.8) is 0 Å². The molecule has 0 unspecified atom stereocenters. The smallest absolute Gasteiger partial charge is 0.226 e. The average molecular weight is 386 g/mol. The zero-order valence-corrected chi connectivity index (χ0v) is 16.4. The van der Waals surface area contributed by atoms with Gasteiger partial charge in [0.2, 0.25) is 5.95 Å². The fourth-order valence-corrected chi connectivity index (χ4v) is 4.23. The molecule has 0 radical (unpaired) electrons. The van der Waals surface area contributed by atoms with Crippen molar-refractivity contribution in [2.45, 2.75) is 32.7 Å². The molecule has 1 aliphatic heterocycles. The van der Waals surface area contributed by atoms with Crippen LogP contribution in [0.25, 0.3) is 0 Å². The van der Waals surface area contributed by atoms with Gasteiger partial charge in [0.15, 0.2) is 5.78 Å². The van der Waals surface area contributed by atoms with E-state index in [1.165, 1.54) is 6.33 Å². The fourth-order valence-electron chi connectivity index (χ4n) is 4.23. The minimum absolute atomic E-state index is 0.0755. The number of fused-ring (bicyclic) bond motifs is 1. The SMILES string of the molecule is CC1(C)CC(=O)C2=C(C1)Nc1ncnn1[C@@H]2c1cccc(Oc2ccccc2)c1. The fraction of sp³-hybridized carbons (Fsp3) is 0.261. The van der Waals surface area contributed by atoms with E-state index in [9.17, 15) is 4.79 Å². The maximum absolute atomic E-state index is 13.1. The Labute approximate surface area is 169 Å². The predicted octanol–water partition coefficient (Wildman–Crippen LogP) is 4.73. The van der Waals surface area contributed by atoms with Gasteiger partial charge in [-0.05, 0) is 41.7 Å². The number of hydrogen-bond acceptors (Lipinski definition) is 5. The van der Waals surface area contributed by atoms with Crippen LogP contribution in [0.15, 0.2) is 72.2 Å². The highest BCUT2D eigenvalue weighted by Crippen LogP contribution is 2.45. The number of nitrogens with one attached hydrogen (secondary N) is 1. The summed E-state index contributed by atoms with van der Waals surface area (Å²) < 4.78 is 7.80. The summed E-state index contributed by atoms with van der Waals surface area (Å²) in [4.78, 5) is 17.5. The van der Waals surface area contributed by atoms with Gasteiger partial charge in [0.05, 0.1) is 0 Å². The first kappa shape index (κ1) is 17.7. The van der Waals surface area contributed by atoms with E-state index in [0.717, 1.165) is 34.8 Å². The number of anilines is 1. The number of carbonyl (C=O) groups is 1. The number of allylic oxidation sites excluding steroid dienone is 2. The number of para-hydroxylation sites is 1. The van der Waals surface area contributed by atoms with Crippen LogP contribution in [0.5, 0.6) is 11.5 Å². The minimum atomic E-state index is -0.313. The molecule has 2 heterocycles. The molecule has 5 rings (SSSR count). The zero-order chi connectivity index (χ0) is 20.0. The molecule has 0 bridgehead atoms. The number of hydrogen-bond donors (Lipinski definition) is 1. The first-order valence-electron chi connectivity index (χ1n) is 9.76. The van der Waals surface area contributed by atoms with Crippen molar-refractivity contribution >= 4 is 11.7 Å². The Bertz CT molecular complexity index is 1110. The molecule has 0 amide bonds. The first-order chi connectivity index (χ1) is 14.0. The Kier molecular flexibility index (Phi) is 4.01. The quantitative estimate of drug-likeness (QED) is 0.705. The van der Waals surface area contributed by atoms with Gasteiger partial charge in [-0.3, -0.25) is 4.79 Å². The summed E-state index contributed by atoms with van der Waals surface area (Å²) in [5.74, 6) is 2.31. The highest BCUT2D eigenvalue weighted by Gasteiger charge is 2.41. The molecule has 2 aromatic carbocycles. The van der Waals surface area contributed by atoms with Gasteiger partial charge in [0.1, 0.15) is 23.9 Å². The lowest BCUT2D eigenvalue weighted by Crippen LogP contribution is -2.36. The molecule has 6 nitrogen and oxygen atoms in total. The lowest BCUT2D eigenvalue weighted by Gasteiger charge is -2.38. The summed E-state index contributed by atoms with van der Waals surface area (Å²) in [5.41, 5.74) is 2.60. The van der Waals surface area contributed by atoms with E-state index >= 15 is 0 Å². The topological polar surface area (TPSA) is 69.0 Å². The second-order valence-electron chi connectivity index (χ2n) is 8.38. The van der Waals surface area contributed by atoms with Gasteiger partial charge >= 0.3 is 0 Å². The van der Waals surface area contributed by atoms with Crippen LogP contribution < -0.4 is 10.1 Å². The second-order valence-corrected chi connectivity index (χ2v) is 8.38. The van der Waals surface area contributed by atoms with Crippen LogP contribution >= 0.6 is 0 Å². The number of aromatic nitrogens is 3. The molecule has 1 aliphatic carbocycles. The van der Waals surface area contributed by atoms with E-state index < -0.39 is 0 Å². The summed E-state index contributed by atoms with van der Waals surface area (Å²) >= 11 is 0. The van der Waals surface area contributed by atoms with Gasteiger partial charge in [-0.1, -0.05) is 44.2 Å². The van der Waals surface area contributed by atoms with Crippen molar-refractivity contribution < 1.29 is 9.53 Å². The van der Waals surface area contributed by atoms with E-state index in [4.69, 9.17) is 4.74 Å². The third kappa shape index (κ3) is 3.20. The second kappa shape index (κ2) is 6.58. The first-order valence-corrected chi connectivity index (χ1v) is 9.76. The molecule has 1 atom stereocenters. The van der Waals surface area contributed by atoms with Gasteiger partial charge in [-0.25, -0.2) is 4.68 Å². The number of ether oxygens (including phenoxy) is 1. The maximum atomic E-state index is 13.1. The van der Waals surface area contributed by atoms with Gasteiger partial charge in [0.25, 0.3) is 0 Å². The van der Waals surface area contributed by atoms with E-state index in [2.05, 4.69) is 29.2 Å². The third-order valence-electron chi connectivity index (χ3n) is 5.43. The van der Waals surface area contributed by atoms with Crippen LogP contribution in [0.1, 0.15) is 38.3 Å². The van der Waals surface area contributed by atoms with Crippen LogP contribution in [0.4, 0.5) is 5.95 Å². The Morgan fingerprint density at radius 2 is 1.86 bits per heavy atom. The number of Topliss-reactive ketones (excluding diaryl/α,β-unsaturated/α-hetero) is 1. The Hall–Kier alpha value is -3.41. The number of nitrogens with zero attached hydrogens (tertiary/aromatic N) is 3. The summed E-state index contributed by atoms with van der Waals surface area (Å²) in [6, 6.07) is 17.2. The Balaban J connectivity index is 1.58. The van der Waals surface area contributed by atoms with Crippen LogP contribution in [0, 0.1) is 5.41 Å². The van der Waals surface area contributed by atoms with Crippen molar-refractivity contribution in [2.75, 3.05) is 5.32 Å². The van der Waals surface area contributed by atoms with Crippen molar-refractivity contribution in [1.29, 1.82) is 0 Å². The molecule has 0 saturated heterocycles. The van der Waals surface area contributed by atoms with E-state index in [1.807, 2.05) is 54.6 Å². The van der Waals surface area contributed by atoms with Gasteiger partial charge in [-0.2, -0.15) is 10.1 Å². The van der Waals surface area contributed by atoms with Crippen molar-refractivity contribution in [2.24, 2.45) is 5.41 Å². The van der Waals surface area contributed by atoms with Crippen LogP contribution in [-0.2, 0) is 4.79 Å². The molecule has 6 heteroatoms. The molecule has 0 spiro atoms. The highest BCUT2D eigenvalue weighted by molar-refractivity contribution is 6.00. The average Bonchev–Trinajstić information content (AvgIpc) is 3.14. The van der Waals surface area contributed by atoms with Crippen molar-refractivity contribution in [1.82, 2.24) is 14.8 Å². The van der Waals surface area contributed by atoms with E-state index in [1.54, 1.807) is 4.68 Å². The minimum Gasteiger partial charge on any atom is -0.457 e. The monoisotopic (exact) mass is 386 g/mol. The lowest BCUT2D eigenvalue weighted by molar-refractivity contribution is -0.118. The third-order valence-corrected chi connectivity index (χ3v) is 5.43. The normalized spacial score (nSPS) is 19.9. The molecular formula is C23H22N4O2. The lowest BCUT2D eigenvalue weighted by atomic mass is 9.73. The zero-order valence-electron chi connectivity index (χ0n) is 16.4. The molecule has 3 aromatic rings. The van der Waals surface area contributed by atoms with Crippen LogP contribution in [0.3, 0.4) is 0 Å². The number of carbonyl (C=O) groups excluding carboxylic acids is 1. The molecule has 1 N–H and O–H groups in total. The van der Waals surface area contributed by atoms with Crippen LogP contribution in [0.2, 0.25) is 0 Å². The van der Waals surface area contributed by atoms with Crippen LogP contribution in [-0.4, -0.2) is 20.5 Å². The molecule has 29 heavy (non-hydrogen) atoms. The number of ketones is 1. The molecule has 2 aliphatic rings. The number of benzene rings is 2. The molecule has 0 saturated carbocycles. The standard InChI is InChI=1S/C23H22N4O2/c1-23(2)12-18-20(19(28)13-23)21(27-22(26-18)24-14-25-27)15-7-6-10-17(11-15)29-16-8-4-3-5-9-16/h3-11,14,21H,12-13H2,1-2H3,(H,24,25,26)/t21-/m1/s1. The maximum Gasteiger partial charge on any atom is 0.226 e. The van der Waals surface area contributed by atoms with Crippen molar-refractivity contribution in [3.05, 3.63) is 77.8 Å². The van der Waals surface area contributed by atoms with Gasteiger partial charge < -0.3 is 10.1 Å². The predicted molar refractivity (Wildman–Crippen MR) is 110 cm³/mol. The number of rotatable bonds is 3. The summed E-state index contributed by atoms with van der Waals surface area (Å²) in [6.45, 7) is 4.25. The highest BCUT2D eigenvalue weighted by atomic mass is 16.5. The van der Waals surface area contributed by atoms with E-state index in [-0.39, 0.29) is 17.2 Å². The molecule has 1 aromatic heterocycles. The molecular weight excluding hydrogens is 364 g/mol. The molecule has 146 valence electrons. The summed E-state index contributed by atoms with van der Waals surface area (Å²) in [6.07, 6.45) is 2.85. The Morgan fingerprint density at radius 3 is 2.69 bits per heavy atom. The summed E-state index contributed by atoms with van der Waals surface area (Å²) in [5, 5.41) is 7.74. The van der Waals surface area contributed by atoms with Gasteiger partial charge in [-0.15, -0.1) is 0 Å². The Morgan fingerprint density at radius 1 is 1.07 bits per heavy atom. The van der Waals surface area contributed by atoms with Crippen molar-refractivity contribution in [3.8, 4) is 11.5 Å². The summed E-state index contributed by atoms with van der Waals surface area (Å²) in [7, 11) is 0. The molecule has 0 fully saturated rings. The largest absolute Gasteiger partial charge is 0.457 e. The van der Waals surface area contributed by atoms with E-state index in [0.29, 0.717) is 12.4 Å².